The van der Waals surface area contributed by atoms with Crippen LogP contribution < -0.4 is 0 Å². The first-order chi connectivity index (χ1) is 12.0. The Morgan fingerprint density at radius 3 is 3.04 bits per heavy atom. The van der Waals surface area contributed by atoms with Crippen LogP contribution in [0.5, 0.6) is 0 Å². The van der Waals surface area contributed by atoms with Gasteiger partial charge < -0.3 is 9.57 Å². The first-order valence-electron chi connectivity index (χ1n) is 8.80. The third-order valence-corrected chi connectivity index (χ3v) is 4.45. The molecule has 1 amide bonds. The molecule has 0 saturated carbocycles. The molecular weight excluding hydrogens is 316 g/mol. The first kappa shape index (κ1) is 17.3. The Morgan fingerprint density at radius 1 is 1.44 bits per heavy atom. The topological polar surface area (TPSA) is 51.1 Å². The summed E-state index contributed by atoms with van der Waals surface area (Å²) in [5.41, 5.74) is 2.84. The highest BCUT2D eigenvalue weighted by Gasteiger charge is 2.46. The molecule has 1 aromatic carbocycles. The lowest BCUT2D eigenvalue weighted by atomic mass is 10.0. The van der Waals surface area contributed by atoms with E-state index in [0.717, 1.165) is 18.4 Å². The van der Waals surface area contributed by atoms with Crippen LogP contribution in [0.4, 0.5) is 4.79 Å². The van der Waals surface area contributed by atoms with Gasteiger partial charge in [0.05, 0.1) is 12.5 Å². The van der Waals surface area contributed by atoms with E-state index in [2.05, 4.69) is 30.8 Å². The zero-order chi connectivity index (χ0) is 17.8. The molecule has 5 nitrogen and oxygen atoms in total. The summed E-state index contributed by atoms with van der Waals surface area (Å²) in [4.78, 5) is 19.3. The van der Waals surface area contributed by atoms with Crippen molar-refractivity contribution < 1.29 is 14.4 Å². The molecule has 0 radical (unpaired) electrons. The third kappa shape index (κ3) is 4.14. The van der Waals surface area contributed by atoms with Crippen molar-refractivity contribution in [2.75, 3.05) is 13.2 Å². The normalized spacial score (nSPS) is 21.3. The third-order valence-electron chi connectivity index (χ3n) is 4.45. The lowest BCUT2D eigenvalue weighted by Gasteiger charge is -2.21. The largest absolute Gasteiger partial charge is 0.449 e. The van der Waals surface area contributed by atoms with E-state index in [-0.39, 0.29) is 18.2 Å². The number of likely N-dealkylation sites (tertiary alicyclic amines) is 1. The van der Waals surface area contributed by atoms with Crippen LogP contribution in [0, 0.1) is 30.6 Å². The number of oxime groups is 1. The summed E-state index contributed by atoms with van der Waals surface area (Å²) in [5, 5.41) is 4.09. The number of hydrogen-bond acceptors (Lipinski definition) is 4. The molecule has 0 aliphatic carbocycles. The molecule has 1 fully saturated rings. The van der Waals surface area contributed by atoms with Crippen molar-refractivity contribution in [2.24, 2.45) is 17.0 Å². The molecule has 25 heavy (non-hydrogen) atoms. The van der Waals surface area contributed by atoms with Crippen LogP contribution in [0.25, 0.3) is 0 Å². The monoisotopic (exact) mass is 340 g/mol. The maximum Gasteiger partial charge on any atom is 0.412 e. The summed E-state index contributed by atoms with van der Waals surface area (Å²) in [6, 6.07) is 8.03. The Bertz CT molecular complexity index is 730. The van der Waals surface area contributed by atoms with Gasteiger partial charge in [0, 0.05) is 12.1 Å². The second-order valence-corrected chi connectivity index (χ2v) is 6.98. The Kier molecular flexibility index (Phi) is 5.28. The number of nitrogens with zero attached hydrogens (tertiary/aromatic N) is 2. The summed E-state index contributed by atoms with van der Waals surface area (Å²) < 4.78 is 5.34. The zero-order valence-corrected chi connectivity index (χ0v) is 15.0. The van der Waals surface area contributed by atoms with Crippen LogP contribution in [-0.2, 0) is 9.57 Å². The number of carbonyl (C=O) groups is 1. The first-order valence-corrected chi connectivity index (χ1v) is 8.80. The smallest absolute Gasteiger partial charge is 0.412 e. The maximum absolute atomic E-state index is 12.2. The van der Waals surface area contributed by atoms with Crippen LogP contribution in [0.15, 0.2) is 29.4 Å². The van der Waals surface area contributed by atoms with Gasteiger partial charge in [-0.1, -0.05) is 37.1 Å². The van der Waals surface area contributed by atoms with E-state index in [1.165, 1.54) is 5.56 Å². The summed E-state index contributed by atoms with van der Waals surface area (Å²) >= 11 is 0. The average Bonchev–Trinajstić information content (AvgIpc) is 3.14. The minimum atomic E-state index is -0.381. The predicted octanol–water partition coefficient (Wildman–Crippen LogP) is 3.56. The molecule has 132 valence electrons. The Morgan fingerprint density at radius 2 is 2.28 bits per heavy atom. The standard InChI is InChI=1S/C20H24N2O3/c1-14(2)10-12-24-20(23)22-11-9-17-18(21-25-19(17)22)8-7-16-6-4-5-15(3)13-16/h4-6,13-14,17,19H,9-12H2,1-3H3. The van der Waals surface area contributed by atoms with Crippen molar-refractivity contribution in [1.82, 2.24) is 4.90 Å². The van der Waals surface area contributed by atoms with Gasteiger partial charge in [0.2, 0.25) is 6.23 Å². The lowest BCUT2D eigenvalue weighted by Crippen LogP contribution is -2.38. The van der Waals surface area contributed by atoms with E-state index in [9.17, 15) is 4.79 Å². The number of rotatable bonds is 3. The van der Waals surface area contributed by atoms with Gasteiger partial charge in [0.15, 0.2) is 0 Å². The minimum Gasteiger partial charge on any atom is -0.449 e. The maximum atomic E-state index is 12.2. The summed E-state index contributed by atoms with van der Waals surface area (Å²) in [6.07, 6.45) is 0.952. The fourth-order valence-corrected chi connectivity index (χ4v) is 2.98. The molecule has 2 unspecified atom stereocenters. The number of carbonyl (C=O) groups excluding carboxylic acids is 1. The molecule has 2 aliphatic heterocycles. The van der Waals surface area contributed by atoms with Crippen LogP contribution >= 0.6 is 0 Å². The van der Waals surface area contributed by atoms with Crippen molar-refractivity contribution in [3.63, 3.8) is 0 Å². The molecule has 5 heteroatoms. The van der Waals surface area contributed by atoms with Crippen molar-refractivity contribution in [1.29, 1.82) is 0 Å². The van der Waals surface area contributed by atoms with Crippen molar-refractivity contribution in [2.45, 2.75) is 39.8 Å². The van der Waals surface area contributed by atoms with Crippen LogP contribution in [0.3, 0.4) is 0 Å². The van der Waals surface area contributed by atoms with Gasteiger partial charge in [-0.05, 0) is 49.3 Å². The SMILES string of the molecule is Cc1cccc(C#CC2=NOC3C2CCN3C(=O)OCCC(C)C)c1. The van der Waals surface area contributed by atoms with Crippen molar-refractivity contribution >= 4 is 11.8 Å². The fraction of sp³-hybridized carbons (Fsp3) is 0.500. The molecule has 2 atom stereocenters. The molecular formula is C20H24N2O3. The summed E-state index contributed by atoms with van der Waals surface area (Å²) in [7, 11) is 0. The summed E-state index contributed by atoms with van der Waals surface area (Å²) in [5.74, 6) is 6.79. The van der Waals surface area contributed by atoms with E-state index in [1.807, 2.05) is 31.2 Å². The van der Waals surface area contributed by atoms with Crippen LogP contribution in [0.2, 0.25) is 0 Å². The van der Waals surface area contributed by atoms with Gasteiger partial charge in [0.1, 0.15) is 5.71 Å². The minimum absolute atomic E-state index is 0.0370. The second kappa shape index (κ2) is 7.60. The van der Waals surface area contributed by atoms with Crippen molar-refractivity contribution in [3.05, 3.63) is 35.4 Å². The Labute approximate surface area is 149 Å². The highest BCUT2D eigenvalue weighted by atomic mass is 16.7. The summed E-state index contributed by atoms with van der Waals surface area (Å²) in [6.45, 7) is 7.29. The molecule has 0 bridgehead atoms. The van der Waals surface area contributed by atoms with E-state index >= 15 is 0 Å². The van der Waals surface area contributed by atoms with E-state index in [4.69, 9.17) is 9.57 Å². The van der Waals surface area contributed by atoms with Gasteiger partial charge in [-0.2, -0.15) is 0 Å². The van der Waals surface area contributed by atoms with Crippen molar-refractivity contribution in [3.8, 4) is 11.8 Å². The molecule has 3 rings (SSSR count). The van der Waals surface area contributed by atoms with Crippen LogP contribution in [-0.4, -0.2) is 36.1 Å². The molecule has 0 spiro atoms. The van der Waals surface area contributed by atoms with E-state index < -0.39 is 0 Å². The van der Waals surface area contributed by atoms with Gasteiger partial charge in [-0.25, -0.2) is 4.79 Å². The number of aryl methyl sites for hydroxylation is 1. The molecule has 2 heterocycles. The number of fused-ring (bicyclic) bond motifs is 1. The quantitative estimate of drug-likeness (QED) is 0.791. The van der Waals surface area contributed by atoms with Gasteiger partial charge in [-0.15, -0.1) is 0 Å². The van der Waals surface area contributed by atoms with Gasteiger partial charge >= 0.3 is 6.09 Å². The lowest BCUT2D eigenvalue weighted by molar-refractivity contribution is -0.0254. The molecule has 2 aliphatic rings. The molecule has 0 N–H and O–H groups in total. The average molecular weight is 340 g/mol. The van der Waals surface area contributed by atoms with Gasteiger partial charge in [0.25, 0.3) is 0 Å². The Hall–Kier alpha value is -2.48. The van der Waals surface area contributed by atoms with E-state index in [0.29, 0.717) is 24.8 Å². The molecule has 1 saturated heterocycles. The predicted molar refractivity (Wildman–Crippen MR) is 96.0 cm³/mol. The number of ether oxygens (including phenoxy) is 1. The highest BCUT2D eigenvalue weighted by molar-refractivity contribution is 6.03. The number of hydrogen-bond donors (Lipinski definition) is 0. The zero-order valence-electron chi connectivity index (χ0n) is 15.0. The molecule has 0 aromatic heterocycles. The van der Waals surface area contributed by atoms with E-state index in [1.54, 1.807) is 4.90 Å². The number of benzene rings is 1. The molecule has 1 aromatic rings. The van der Waals surface area contributed by atoms with Crippen LogP contribution in [0.1, 0.15) is 37.8 Å². The van der Waals surface area contributed by atoms with Gasteiger partial charge in [-0.3, -0.25) is 4.90 Å². The Balaban J connectivity index is 1.59. The second-order valence-electron chi connectivity index (χ2n) is 6.98. The fourth-order valence-electron chi connectivity index (χ4n) is 2.98. The number of amides is 1. The highest BCUT2D eigenvalue weighted by Crippen LogP contribution is 2.32.